The Labute approximate surface area is 117 Å². The monoisotopic (exact) mass is 290 g/mol. The van der Waals surface area contributed by atoms with E-state index in [0.29, 0.717) is 35.2 Å². The molecule has 0 amide bonds. The Morgan fingerprint density at radius 1 is 1.28 bits per heavy atom. The topological polar surface area (TPSA) is 35.5 Å². The summed E-state index contributed by atoms with van der Waals surface area (Å²) < 4.78 is 10.2. The zero-order valence-electron chi connectivity index (χ0n) is 10.5. The molecular weight excluding hydrogens is 275 g/mol. The van der Waals surface area contributed by atoms with E-state index in [4.69, 9.17) is 32.7 Å². The second-order valence-electron chi connectivity index (χ2n) is 3.80. The summed E-state index contributed by atoms with van der Waals surface area (Å²) in [6.45, 7) is 2.50. The number of benzene rings is 1. The van der Waals surface area contributed by atoms with Crippen molar-refractivity contribution in [3.05, 3.63) is 27.7 Å². The largest absolute Gasteiger partial charge is 0.426 e. The molecule has 0 heterocycles. The van der Waals surface area contributed by atoms with Crippen LogP contribution in [-0.2, 0) is 16.0 Å². The van der Waals surface area contributed by atoms with Gasteiger partial charge in [-0.1, -0.05) is 30.1 Å². The third-order valence-electron chi connectivity index (χ3n) is 2.44. The lowest BCUT2D eigenvalue weighted by Gasteiger charge is -2.10. The van der Waals surface area contributed by atoms with E-state index in [2.05, 4.69) is 0 Å². The summed E-state index contributed by atoms with van der Waals surface area (Å²) in [6.07, 6.45) is 1.67. The SMILES string of the molecule is CCc1cc(Cl)c(Cl)cc1OC(=O)CCCOC. The Morgan fingerprint density at radius 2 is 1.94 bits per heavy atom. The van der Waals surface area contributed by atoms with Gasteiger partial charge in [0.15, 0.2) is 0 Å². The van der Waals surface area contributed by atoms with Crippen molar-refractivity contribution in [3.63, 3.8) is 0 Å². The van der Waals surface area contributed by atoms with Gasteiger partial charge >= 0.3 is 5.97 Å². The zero-order chi connectivity index (χ0) is 13.5. The number of rotatable bonds is 6. The molecule has 0 aliphatic rings. The Morgan fingerprint density at radius 3 is 2.56 bits per heavy atom. The minimum atomic E-state index is -0.292. The van der Waals surface area contributed by atoms with Crippen LogP contribution in [0.15, 0.2) is 12.1 Å². The average Bonchev–Trinajstić information content (AvgIpc) is 2.34. The first-order valence-electron chi connectivity index (χ1n) is 5.76. The molecule has 18 heavy (non-hydrogen) atoms. The molecule has 0 unspecified atom stereocenters. The van der Waals surface area contributed by atoms with Crippen LogP contribution in [0.5, 0.6) is 5.75 Å². The first-order chi connectivity index (χ1) is 8.58. The summed E-state index contributed by atoms with van der Waals surface area (Å²) in [5.41, 5.74) is 0.865. The van der Waals surface area contributed by atoms with Gasteiger partial charge in [0.25, 0.3) is 0 Å². The maximum atomic E-state index is 11.6. The Bertz CT molecular complexity index is 419. The fourth-order valence-electron chi connectivity index (χ4n) is 1.48. The molecular formula is C13H16Cl2O3. The maximum absolute atomic E-state index is 11.6. The molecule has 5 heteroatoms. The summed E-state index contributed by atoms with van der Waals surface area (Å²) in [4.78, 5) is 11.6. The molecule has 0 aliphatic carbocycles. The molecule has 0 saturated heterocycles. The Balaban J connectivity index is 2.71. The number of ether oxygens (including phenoxy) is 2. The lowest BCUT2D eigenvalue weighted by Crippen LogP contribution is -2.10. The number of carbonyl (C=O) groups is 1. The first-order valence-corrected chi connectivity index (χ1v) is 6.51. The summed E-state index contributed by atoms with van der Waals surface area (Å²) >= 11 is 11.8. The van der Waals surface area contributed by atoms with Crippen LogP contribution in [0.3, 0.4) is 0 Å². The molecule has 0 spiro atoms. The van der Waals surface area contributed by atoms with Crippen LogP contribution in [0, 0.1) is 0 Å². The smallest absolute Gasteiger partial charge is 0.311 e. The number of aryl methyl sites for hydroxylation is 1. The van der Waals surface area contributed by atoms with Gasteiger partial charge < -0.3 is 9.47 Å². The van der Waals surface area contributed by atoms with Crippen molar-refractivity contribution in [3.8, 4) is 5.75 Å². The third-order valence-corrected chi connectivity index (χ3v) is 3.16. The third kappa shape index (κ3) is 4.48. The van der Waals surface area contributed by atoms with Gasteiger partial charge in [0, 0.05) is 26.2 Å². The van der Waals surface area contributed by atoms with Crippen LogP contribution in [0.1, 0.15) is 25.3 Å². The predicted molar refractivity (Wildman–Crippen MR) is 72.6 cm³/mol. The van der Waals surface area contributed by atoms with Crippen LogP contribution >= 0.6 is 23.2 Å². The Kier molecular flexibility index (Phi) is 6.47. The van der Waals surface area contributed by atoms with E-state index in [1.807, 2.05) is 6.92 Å². The molecule has 0 atom stereocenters. The number of carbonyl (C=O) groups excluding carboxylic acids is 1. The summed E-state index contributed by atoms with van der Waals surface area (Å²) in [5, 5.41) is 0.848. The van der Waals surface area contributed by atoms with E-state index < -0.39 is 0 Å². The Hall–Kier alpha value is -0.770. The zero-order valence-corrected chi connectivity index (χ0v) is 12.0. The number of hydrogen-bond acceptors (Lipinski definition) is 3. The molecule has 1 aromatic carbocycles. The van der Waals surface area contributed by atoms with Gasteiger partial charge in [-0.25, -0.2) is 0 Å². The van der Waals surface area contributed by atoms with Gasteiger partial charge in [-0.05, 0) is 24.5 Å². The van der Waals surface area contributed by atoms with E-state index in [-0.39, 0.29) is 5.97 Å². The highest BCUT2D eigenvalue weighted by Crippen LogP contribution is 2.31. The molecule has 0 N–H and O–H groups in total. The van der Waals surface area contributed by atoms with Crippen LogP contribution in [-0.4, -0.2) is 19.7 Å². The highest BCUT2D eigenvalue weighted by molar-refractivity contribution is 6.42. The van der Waals surface area contributed by atoms with Crippen molar-refractivity contribution in [2.24, 2.45) is 0 Å². The van der Waals surface area contributed by atoms with E-state index in [0.717, 1.165) is 12.0 Å². The molecule has 0 saturated carbocycles. The van der Waals surface area contributed by atoms with Crippen LogP contribution in [0.25, 0.3) is 0 Å². The van der Waals surface area contributed by atoms with Crippen molar-refractivity contribution in [2.75, 3.05) is 13.7 Å². The molecule has 0 bridgehead atoms. The predicted octanol–water partition coefficient (Wildman–Crippen LogP) is 3.89. The minimum absolute atomic E-state index is 0.292. The average molecular weight is 291 g/mol. The van der Waals surface area contributed by atoms with Crippen LogP contribution < -0.4 is 4.74 Å². The number of halogens is 2. The van der Waals surface area contributed by atoms with Crippen molar-refractivity contribution in [1.29, 1.82) is 0 Å². The molecule has 0 aliphatic heterocycles. The summed E-state index contributed by atoms with van der Waals surface area (Å²) in [5.74, 6) is 0.189. The van der Waals surface area contributed by atoms with Crippen molar-refractivity contribution in [2.45, 2.75) is 26.2 Å². The highest BCUT2D eigenvalue weighted by atomic mass is 35.5. The number of esters is 1. The molecule has 0 aromatic heterocycles. The van der Waals surface area contributed by atoms with Crippen molar-refractivity contribution >= 4 is 29.2 Å². The van der Waals surface area contributed by atoms with E-state index in [9.17, 15) is 4.79 Å². The van der Waals surface area contributed by atoms with E-state index in [1.54, 1.807) is 19.2 Å². The van der Waals surface area contributed by atoms with Crippen molar-refractivity contribution in [1.82, 2.24) is 0 Å². The standard InChI is InChI=1S/C13H16Cl2O3/c1-3-9-7-10(14)11(15)8-12(9)18-13(16)5-4-6-17-2/h7-8H,3-6H2,1-2H3. The summed E-state index contributed by atoms with van der Waals surface area (Å²) in [7, 11) is 1.60. The number of methoxy groups -OCH3 is 1. The van der Waals surface area contributed by atoms with E-state index in [1.165, 1.54) is 0 Å². The van der Waals surface area contributed by atoms with Gasteiger partial charge in [0.2, 0.25) is 0 Å². The second-order valence-corrected chi connectivity index (χ2v) is 4.61. The second kappa shape index (κ2) is 7.62. The van der Waals surface area contributed by atoms with E-state index >= 15 is 0 Å². The van der Waals surface area contributed by atoms with Gasteiger partial charge in [-0.3, -0.25) is 4.79 Å². The fraction of sp³-hybridized carbons (Fsp3) is 0.462. The molecule has 1 rings (SSSR count). The van der Waals surface area contributed by atoms with Crippen molar-refractivity contribution < 1.29 is 14.3 Å². The number of hydrogen-bond donors (Lipinski definition) is 0. The lowest BCUT2D eigenvalue weighted by atomic mass is 10.1. The highest BCUT2D eigenvalue weighted by Gasteiger charge is 2.11. The lowest BCUT2D eigenvalue weighted by molar-refractivity contribution is -0.134. The molecule has 1 aromatic rings. The molecule has 100 valence electrons. The maximum Gasteiger partial charge on any atom is 0.311 e. The van der Waals surface area contributed by atoms with Gasteiger partial charge in [-0.2, -0.15) is 0 Å². The molecule has 3 nitrogen and oxygen atoms in total. The van der Waals surface area contributed by atoms with Crippen LogP contribution in [0.4, 0.5) is 0 Å². The van der Waals surface area contributed by atoms with Gasteiger partial charge in [0.1, 0.15) is 5.75 Å². The normalized spacial score (nSPS) is 10.4. The minimum Gasteiger partial charge on any atom is -0.426 e. The van der Waals surface area contributed by atoms with Gasteiger partial charge in [-0.15, -0.1) is 0 Å². The molecule has 0 fully saturated rings. The van der Waals surface area contributed by atoms with Crippen LogP contribution in [0.2, 0.25) is 10.0 Å². The summed E-state index contributed by atoms with van der Waals surface area (Å²) in [6, 6.07) is 3.30. The van der Waals surface area contributed by atoms with Gasteiger partial charge in [0.05, 0.1) is 10.0 Å². The molecule has 0 radical (unpaired) electrons. The first kappa shape index (κ1) is 15.3. The quantitative estimate of drug-likeness (QED) is 0.453. The fourth-order valence-corrected chi connectivity index (χ4v) is 1.82.